The molecule has 3 aromatic rings. The molecule has 0 aliphatic rings. The lowest BCUT2D eigenvalue weighted by Gasteiger charge is -2.13. The van der Waals surface area contributed by atoms with E-state index >= 15 is 0 Å². The molecule has 7 nitrogen and oxygen atoms in total. The van der Waals surface area contributed by atoms with Gasteiger partial charge in [-0.1, -0.05) is 43.7 Å². The first-order valence-corrected chi connectivity index (χ1v) is 9.24. The molecule has 26 heavy (non-hydrogen) atoms. The molecule has 0 atom stereocenters. The monoisotopic (exact) mass is 369 g/mol. The van der Waals surface area contributed by atoms with E-state index in [0.29, 0.717) is 11.1 Å². The van der Waals surface area contributed by atoms with Gasteiger partial charge < -0.3 is 9.47 Å². The van der Waals surface area contributed by atoms with Gasteiger partial charge in [-0.05, 0) is 18.7 Å². The molecule has 0 saturated carbocycles. The van der Waals surface area contributed by atoms with Crippen LogP contribution in [0.5, 0.6) is 0 Å². The summed E-state index contributed by atoms with van der Waals surface area (Å²) in [4.78, 5) is 15.5. The number of nitrogens with zero attached hydrogens (tertiary/aromatic N) is 7. The van der Waals surface area contributed by atoms with Gasteiger partial charge in [-0.15, -0.1) is 10.2 Å². The molecule has 0 N–H and O–H groups in total. The lowest BCUT2D eigenvalue weighted by atomic mass is 10.1. The normalized spacial score (nSPS) is 11.2. The maximum atomic E-state index is 4.58. The Labute approximate surface area is 157 Å². The van der Waals surface area contributed by atoms with Gasteiger partial charge in [0, 0.05) is 32.6 Å². The first-order valence-electron chi connectivity index (χ1n) is 8.42. The van der Waals surface area contributed by atoms with Gasteiger partial charge in [0.25, 0.3) is 0 Å². The molecule has 0 saturated heterocycles. The van der Waals surface area contributed by atoms with Crippen LogP contribution in [-0.2, 0) is 7.05 Å². The minimum Gasteiger partial charge on any atom is -0.347 e. The highest BCUT2D eigenvalue weighted by Gasteiger charge is 2.16. The second-order valence-corrected chi connectivity index (χ2v) is 7.59. The van der Waals surface area contributed by atoms with Crippen LogP contribution in [0.4, 0.5) is 5.95 Å². The van der Waals surface area contributed by atoms with E-state index < -0.39 is 0 Å². The van der Waals surface area contributed by atoms with Crippen molar-refractivity contribution in [3.63, 3.8) is 0 Å². The van der Waals surface area contributed by atoms with Crippen LogP contribution in [-0.4, -0.2) is 43.8 Å². The number of rotatable bonds is 5. The van der Waals surface area contributed by atoms with Crippen LogP contribution in [0.15, 0.2) is 34.6 Å². The van der Waals surface area contributed by atoms with Crippen molar-refractivity contribution in [2.45, 2.75) is 37.0 Å². The number of hydrogen-bond acceptors (Lipinski definition) is 7. The van der Waals surface area contributed by atoms with Crippen molar-refractivity contribution in [1.82, 2.24) is 29.7 Å². The average Bonchev–Trinajstić information content (AvgIpc) is 2.96. The molecule has 8 heteroatoms. The topological polar surface area (TPSA) is 72.6 Å². The number of aryl methyl sites for hydroxylation is 1. The molecular formula is C18H23N7S. The number of anilines is 1. The van der Waals surface area contributed by atoms with Crippen molar-refractivity contribution in [2.24, 2.45) is 7.05 Å². The smallest absolute Gasteiger partial charge is 0.229 e. The van der Waals surface area contributed by atoms with E-state index in [2.05, 4.69) is 70.2 Å². The Morgan fingerprint density at radius 3 is 2.31 bits per heavy atom. The van der Waals surface area contributed by atoms with E-state index in [9.17, 15) is 0 Å². The quantitative estimate of drug-likeness (QED) is 0.683. The van der Waals surface area contributed by atoms with Gasteiger partial charge in [-0.25, -0.2) is 4.98 Å². The van der Waals surface area contributed by atoms with E-state index in [1.165, 1.54) is 17.3 Å². The fourth-order valence-corrected chi connectivity index (χ4v) is 3.04. The van der Waals surface area contributed by atoms with E-state index in [4.69, 9.17) is 0 Å². The van der Waals surface area contributed by atoms with Crippen molar-refractivity contribution in [3.8, 4) is 11.4 Å². The van der Waals surface area contributed by atoms with Crippen molar-refractivity contribution in [1.29, 1.82) is 0 Å². The molecular weight excluding hydrogens is 346 g/mol. The highest BCUT2D eigenvalue weighted by Crippen LogP contribution is 2.28. The van der Waals surface area contributed by atoms with Gasteiger partial charge in [0.2, 0.25) is 11.1 Å². The van der Waals surface area contributed by atoms with Gasteiger partial charge in [0.15, 0.2) is 11.0 Å². The summed E-state index contributed by atoms with van der Waals surface area (Å²) in [7, 11) is 5.80. The van der Waals surface area contributed by atoms with Crippen LogP contribution in [0, 0.1) is 6.92 Å². The molecule has 0 radical (unpaired) electrons. The van der Waals surface area contributed by atoms with E-state index in [1.54, 1.807) is 0 Å². The van der Waals surface area contributed by atoms with Crippen LogP contribution in [0.3, 0.4) is 0 Å². The molecule has 0 spiro atoms. The van der Waals surface area contributed by atoms with Crippen LogP contribution in [0.1, 0.15) is 31.2 Å². The van der Waals surface area contributed by atoms with Gasteiger partial charge in [-0.2, -0.15) is 9.97 Å². The molecule has 0 bridgehead atoms. The third-order valence-electron chi connectivity index (χ3n) is 3.86. The van der Waals surface area contributed by atoms with Gasteiger partial charge in [0.05, 0.1) is 0 Å². The molecule has 2 aromatic heterocycles. The molecule has 0 aliphatic heterocycles. The molecule has 0 fully saturated rings. The zero-order chi connectivity index (χ0) is 18.8. The third-order valence-corrected chi connectivity index (χ3v) is 4.77. The number of hydrogen-bond donors (Lipinski definition) is 0. The molecule has 3 rings (SSSR count). The van der Waals surface area contributed by atoms with Gasteiger partial charge >= 0.3 is 0 Å². The zero-order valence-corrected chi connectivity index (χ0v) is 16.7. The number of benzene rings is 1. The van der Waals surface area contributed by atoms with Crippen molar-refractivity contribution < 1.29 is 0 Å². The highest BCUT2D eigenvalue weighted by molar-refractivity contribution is 7.99. The Morgan fingerprint density at radius 2 is 1.69 bits per heavy atom. The molecule has 0 amide bonds. The minimum absolute atomic E-state index is 0.221. The SMILES string of the molecule is Cc1ccc(-c2nnc(Sc3nc(C(C)C)nc(N(C)C)n3)n2C)cc1. The zero-order valence-electron chi connectivity index (χ0n) is 15.9. The summed E-state index contributed by atoms with van der Waals surface area (Å²) in [5.41, 5.74) is 2.25. The average molecular weight is 369 g/mol. The predicted molar refractivity (Wildman–Crippen MR) is 104 cm³/mol. The Hall–Kier alpha value is -2.48. The summed E-state index contributed by atoms with van der Waals surface area (Å²) < 4.78 is 1.96. The standard InChI is InChI=1S/C18H23N7S/c1-11(2)14-19-16(24(4)5)21-17(20-14)26-18-23-22-15(25(18)6)13-9-7-12(3)8-10-13/h7-11H,1-6H3. The Bertz CT molecular complexity index is 874. The largest absolute Gasteiger partial charge is 0.347 e. The third kappa shape index (κ3) is 3.85. The maximum Gasteiger partial charge on any atom is 0.229 e. The molecule has 136 valence electrons. The molecule has 0 aliphatic carbocycles. The van der Waals surface area contributed by atoms with Crippen LogP contribution < -0.4 is 4.90 Å². The molecule has 2 heterocycles. The lowest BCUT2D eigenvalue weighted by Crippen LogP contribution is -2.15. The first kappa shape index (κ1) is 18.3. The fourth-order valence-electron chi connectivity index (χ4n) is 2.30. The molecule has 0 unspecified atom stereocenters. The van der Waals surface area contributed by atoms with E-state index in [0.717, 1.165) is 22.4 Å². The van der Waals surface area contributed by atoms with Crippen LogP contribution >= 0.6 is 11.8 Å². The molecule has 1 aromatic carbocycles. The Morgan fingerprint density at radius 1 is 1.00 bits per heavy atom. The second kappa shape index (κ2) is 7.41. The van der Waals surface area contributed by atoms with Gasteiger partial charge in [0.1, 0.15) is 5.82 Å². The van der Waals surface area contributed by atoms with Gasteiger partial charge in [-0.3, -0.25) is 0 Å². The summed E-state index contributed by atoms with van der Waals surface area (Å²) in [5, 5.41) is 10.0. The van der Waals surface area contributed by atoms with Crippen molar-refractivity contribution >= 4 is 17.7 Å². The van der Waals surface area contributed by atoms with Crippen molar-refractivity contribution in [2.75, 3.05) is 19.0 Å². The first-order chi connectivity index (χ1) is 12.3. The second-order valence-electron chi connectivity index (χ2n) is 6.66. The highest BCUT2D eigenvalue weighted by atomic mass is 32.2. The van der Waals surface area contributed by atoms with E-state index in [1.807, 2.05) is 30.6 Å². The summed E-state index contributed by atoms with van der Waals surface area (Å²) in [6, 6.07) is 8.25. The lowest BCUT2D eigenvalue weighted by molar-refractivity contribution is 0.712. The summed E-state index contributed by atoms with van der Waals surface area (Å²) in [5.74, 6) is 2.45. The minimum atomic E-state index is 0.221. The Balaban J connectivity index is 1.93. The summed E-state index contributed by atoms with van der Waals surface area (Å²) >= 11 is 1.40. The summed E-state index contributed by atoms with van der Waals surface area (Å²) in [6.07, 6.45) is 0. The maximum absolute atomic E-state index is 4.58. The van der Waals surface area contributed by atoms with E-state index in [-0.39, 0.29) is 5.92 Å². The van der Waals surface area contributed by atoms with Crippen LogP contribution in [0.25, 0.3) is 11.4 Å². The fraction of sp³-hybridized carbons (Fsp3) is 0.389. The van der Waals surface area contributed by atoms with Crippen molar-refractivity contribution in [3.05, 3.63) is 35.7 Å². The Kier molecular flexibility index (Phi) is 5.22. The number of aromatic nitrogens is 6. The summed E-state index contributed by atoms with van der Waals surface area (Å²) in [6.45, 7) is 6.21. The van der Waals surface area contributed by atoms with Crippen LogP contribution in [0.2, 0.25) is 0 Å². The predicted octanol–water partition coefficient (Wildman–Crippen LogP) is 3.32.